The third-order valence-corrected chi connectivity index (χ3v) is 3.89. The minimum atomic E-state index is -0.0831. The van der Waals surface area contributed by atoms with Crippen molar-refractivity contribution in [3.63, 3.8) is 0 Å². The van der Waals surface area contributed by atoms with E-state index in [1.165, 1.54) is 11.3 Å². The number of hydrogen-bond donors (Lipinski definition) is 1. The largest absolute Gasteiger partial charge is 0.354 e. The van der Waals surface area contributed by atoms with E-state index in [0.29, 0.717) is 11.5 Å². The molecule has 1 aromatic carbocycles. The summed E-state index contributed by atoms with van der Waals surface area (Å²) < 4.78 is 5.17. The second-order valence-corrected chi connectivity index (χ2v) is 6.00. The Labute approximate surface area is 132 Å². The standard InChI is InChI=1S/C16H15N3O2S/c1-10-4-3-5-12(6-10)17-15(20)8-16-18-13(9-22-16)14-7-11(2)19-21-14/h3-7,9H,8H2,1-2H3,(H,17,20). The van der Waals surface area contributed by atoms with Gasteiger partial charge in [-0.1, -0.05) is 17.3 Å². The monoisotopic (exact) mass is 313 g/mol. The first-order valence-electron chi connectivity index (χ1n) is 6.85. The van der Waals surface area contributed by atoms with Gasteiger partial charge >= 0.3 is 0 Å². The molecular weight excluding hydrogens is 298 g/mol. The molecule has 0 spiro atoms. The number of rotatable bonds is 4. The lowest BCUT2D eigenvalue weighted by Crippen LogP contribution is -2.14. The van der Waals surface area contributed by atoms with E-state index >= 15 is 0 Å². The summed E-state index contributed by atoms with van der Waals surface area (Å²) in [7, 11) is 0. The summed E-state index contributed by atoms with van der Waals surface area (Å²) in [6.45, 7) is 3.84. The molecule has 0 aliphatic rings. The smallest absolute Gasteiger partial charge is 0.231 e. The zero-order valence-corrected chi connectivity index (χ0v) is 13.1. The maximum atomic E-state index is 12.1. The van der Waals surface area contributed by atoms with E-state index < -0.39 is 0 Å². The Bertz CT molecular complexity index is 807. The fourth-order valence-electron chi connectivity index (χ4n) is 2.05. The van der Waals surface area contributed by atoms with Crippen molar-refractivity contribution < 1.29 is 9.32 Å². The quantitative estimate of drug-likeness (QED) is 0.799. The van der Waals surface area contributed by atoms with E-state index in [1.807, 2.05) is 49.6 Å². The van der Waals surface area contributed by atoms with Crippen LogP contribution in [0.2, 0.25) is 0 Å². The molecular formula is C16H15N3O2S. The number of amides is 1. The average molecular weight is 313 g/mol. The van der Waals surface area contributed by atoms with Crippen molar-refractivity contribution in [2.24, 2.45) is 0 Å². The van der Waals surface area contributed by atoms with Crippen molar-refractivity contribution >= 4 is 22.9 Å². The van der Waals surface area contributed by atoms with E-state index in [4.69, 9.17) is 4.52 Å². The number of carbonyl (C=O) groups excluding carboxylic acids is 1. The van der Waals surface area contributed by atoms with Crippen LogP contribution >= 0.6 is 11.3 Å². The Balaban J connectivity index is 1.66. The van der Waals surface area contributed by atoms with Crippen molar-refractivity contribution in [2.75, 3.05) is 5.32 Å². The number of carbonyl (C=O) groups is 1. The number of benzene rings is 1. The number of hydrogen-bond acceptors (Lipinski definition) is 5. The molecule has 0 saturated heterocycles. The van der Waals surface area contributed by atoms with Crippen LogP contribution in [0.25, 0.3) is 11.5 Å². The summed E-state index contributed by atoms with van der Waals surface area (Å²) in [5.41, 5.74) is 3.42. The molecule has 0 fully saturated rings. The van der Waals surface area contributed by atoms with Crippen LogP contribution in [0.4, 0.5) is 5.69 Å². The first-order chi connectivity index (χ1) is 10.6. The Hall–Kier alpha value is -2.47. The lowest BCUT2D eigenvalue weighted by Gasteiger charge is -2.04. The number of anilines is 1. The van der Waals surface area contributed by atoms with Crippen LogP contribution < -0.4 is 5.32 Å². The average Bonchev–Trinajstić information content (AvgIpc) is 3.07. The highest BCUT2D eigenvalue weighted by atomic mass is 32.1. The maximum absolute atomic E-state index is 12.1. The second kappa shape index (κ2) is 6.11. The molecule has 0 aliphatic carbocycles. The summed E-state index contributed by atoms with van der Waals surface area (Å²) in [4.78, 5) is 16.5. The van der Waals surface area contributed by atoms with Gasteiger partial charge in [-0.25, -0.2) is 4.98 Å². The van der Waals surface area contributed by atoms with E-state index in [1.54, 1.807) is 0 Å². The number of nitrogens with one attached hydrogen (secondary N) is 1. The third kappa shape index (κ3) is 3.40. The normalized spacial score (nSPS) is 10.6. The molecule has 0 aliphatic heterocycles. The molecule has 5 nitrogen and oxygen atoms in total. The zero-order chi connectivity index (χ0) is 15.5. The van der Waals surface area contributed by atoms with Crippen LogP contribution in [-0.4, -0.2) is 16.0 Å². The van der Waals surface area contributed by atoms with Gasteiger partial charge in [0.15, 0.2) is 5.76 Å². The molecule has 0 radical (unpaired) electrons. The molecule has 3 aromatic rings. The second-order valence-electron chi connectivity index (χ2n) is 5.05. The Morgan fingerprint density at radius 1 is 1.32 bits per heavy atom. The molecule has 0 saturated carbocycles. The van der Waals surface area contributed by atoms with Crippen LogP contribution in [0.5, 0.6) is 0 Å². The van der Waals surface area contributed by atoms with Crippen LogP contribution in [0, 0.1) is 13.8 Å². The van der Waals surface area contributed by atoms with Gasteiger partial charge in [-0.15, -0.1) is 11.3 Å². The first kappa shape index (κ1) is 14.5. The molecule has 2 heterocycles. The number of nitrogens with zero attached hydrogens (tertiary/aromatic N) is 2. The molecule has 6 heteroatoms. The van der Waals surface area contributed by atoms with Crippen molar-refractivity contribution in [2.45, 2.75) is 20.3 Å². The lowest BCUT2D eigenvalue weighted by molar-refractivity contribution is -0.115. The zero-order valence-electron chi connectivity index (χ0n) is 12.3. The predicted molar refractivity (Wildman–Crippen MR) is 85.9 cm³/mol. The highest BCUT2D eigenvalue weighted by Crippen LogP contribution is 2.23. The Morgan fingerprint density at radius 2 is 2.18 bits per heavy atom. The van der Waals surface area contributed by atoms with Gasteiger partial charge in [0.25, 0.3) is 0 Å². The van der Waals surface area contributed by atoms with E-state index in [-0.39, 0.29) is 12.3 Å². The van der Waals surface area contributed by atoms with E-state index in [2.05, 4.69) is 15.5 Å². The number of aryl methyl sites for hydroxylation is 2. The molecule has 0 unspecified atom stereocenters. The molecule has 3 rings (SSSR count). The van der Waals surface area contributed by atoms with Gasteiger partial charge in [-0.05, 0) is 31.5 Å². The van der Waals surface area contributed by atoms with Crippen molar-refractivity contribution in [1.29, 1.82) is 0 Å². The van der Waals surface area contributed by atoms with Gasteiger partial charge < -0.3 is 9.84 Å². The van der Waals surface area contributed by atoms with Gasteiger partial charge in [0.1, 0.15) is 10.7 Å². The minimum Gasteiger partial charge on any atom is -0.354 e. The summed E-state index contributed by atoms with van der Waals surface area (Å²) in [5.74, 6) is 0.541. The van der Waals surface area contributed by atoms with Crippen LogP contribution in [0.15, 0.2) is 40.2 Å². The van der Waals surface area contributed by atoms with Gasteiger partial charge in [-0.3, -0.25) is 4.79 Å². The van der Waals surface area contributed by atoms with Crippen molar-refractivity contribution in [1.82, 2.24) is 10.1 Å². The van der Waals surface area contributed by atoms with Gasteiger partial charge in [0.2, 0.25) is 5.91 Å². The molecule has 0 bridgehead atoms. The Morgan fingerprint density at radius 3 is 2.91 bits per heavy atom. The van der Waals surface area contributed by atoms with Gasteiger partial charge in [0, 0.05) is 17.1 Å². The lowest BCUT2D eigenvalue weighted by atomic mass is 10.2. The van der Waals surface area contributed by atoms with Crippen molar-refractivity contribution in [3.05, 3.63) is 52.0 Å². The topological polar surface area (TPSA) is 68.0 Å². The minimum absolute atomic E-state index is 0.0831. The summed E-state index contributed by atoms with van der Waals surface area (Å²) in [6, 6.07) is 9.53. The van der Waals surface area contributed by atoms with E-state index in [0.717, 1.165) is 22.0 Å². The molecule has 1 N–H and O–H groups in total. The highest BCUT2D eigenvalue weighted by molar-refractivity contribution is 7.10. The van der Waals surface area contributed by atoms with Crippen LogP contribution in [0.1, 0.15) is 16.3 Å². The van der Waals surface area contributed by atoms with Crippen LogP contribution in [-0.2, 0) is 11.2 Å². The molecule has 112 valence electrons. The maximum Gasteiger partial charge on any atom is 0.231 e. The third-order valence-electron chi connectivity index (χ3n) is 3.05. The molecule has 1 amide bonds. The van der Waals surface area contributed by atoms with Gasteiger partial charge in [-0.2, -0.15) is 0 Å². The van der Waals surface area contributed by atoms with Gasteiger partial charge in [0.05, 0.1) is 12.1 Å². The number of aromatic nitrogens is 2. The first-order valence-corrected chi connectivity index (χ1v) is 7.73. The molecule has 22 heavy (non-hydrogen) atoms. The highest BCUT2D eigenvalue weighted by Gasteiger charge is 2.12. The predicted octanol–water partition coefficient (Wildman–Crippen LogP) is 3.60. The van der Waals surface area contributed by atoms with Crippen LogP contribution in [0.3, 0.4) is 0 Å². The summed E-state index contributed by atoms with van der Waals surface area (Å²) in [5, 5.41) is 9.33. The summed E-state index contributed by atoms with van der Waals surface area (Å²) >= 11 is 1.44. The number of thiazole rings is 1. The fourth-order valence-corrected chi connectivity index (χ4v) is 2.84. The fraction of sp³-hybridized carbons (Fsp3) is 0.188. The molecule has 2 aromatic heterocycles. The Kier molecular flexibility index (Phi) is 4.02. The van der Waals surface area contributed by atoms with E-state index in [9.17, 15) is 4.79 Å². The molecule has 0 atom stereocenters. The van der Waals surface area contributed by atoms with Crippen molar-refractivity contribution in [3.8, 4) is 11.5 Å². The summed E-state index contributed by atoms with van der Waals surface area (Å²) in [6.07, 6.45) is 0.242. The SMILES string of the molecule is Cc1cccc(NC(=O)Cc2nc(-c3cc(C)no3)cs2)c1.